The van der Waals surface area contributed by atoms with Crippen molar-refractivity contribution in [3.05, 3.63) is 106 Å². The smallest absolute Gasteiger partial charge is 0.291 e. The van der Waals surface area contributed by atoms with Crippen molar-refractivity contribution in [2.24, 2.45) is 0 Å². The molecule has 0 spiro atoms. The van der Waals surface area contributed by atoms with Crippen molar-refractivity contribution in [2.75, 3.05) is 5.32 Å². The Bertz CT molecular complexity index is 1410. The zero-order valence-corrected chi connectivity index (χ0v) is 19.0. The molecule has 2 aromatic heterocycles. The molecule has 0 aliphatic rings. The first-order valence-electron chi connectivity index (χ1n) is 9.84. The van der Waals surface area contributed by atoms with Gasteiger partial charge in [-0.05, 0) is 60.2 Å². The first-order valence-corrected chi connectivity index (χ1v) is 11.0. The minimum absolute atomic E-state index is 0.228. The third kappa shape index (κ3) is 4.47. The highest BCUT2D eigenvalue weighted by Gasteiger charge is 2.14. The Morgan fingerprint density at radius 2 is 1.72 bits per heavy atom. The highest BCUT2D eigenvalue weighted by atomic mass is 79.9. The summed E-state index contributed by atoms with van der Waals surface area (Å²) in [5.74, 6) is 1.11. The van der Waals surface area contributed by atoms with Gasteiger partial charge in [-0.3, -0.25) is 4.79 Å². The normalized spacial score (nSPS) is 11.1. The van der Waals surface area contributed by atoms with Gasteiger partial charge in [-0.2, -0.15) is 0 Å². The summed E-state index contributed by atoms with van der Waals surface area (Å²) in [6.45, 7) is 0. The van der Waals surface area contributed by atoms with Gasteiger partial charge >= 0.3 is 0 Å². The van der Waals surface area contributed by atoms with Crippen LogP contribution < -0.4 is 5.32 Å². The monoisotopic (exact) mass is 506 g/mol. The topological polar surface area (TPSA) is 68.3 Å². The van der Waals surface area contributed by atoms with Gasteiger partial charge in [0.25, 0.3) is 5.91 Å². The lowest BCUT2D eigenvalue weighted by molar-refractivity contribution is 0.0997. The molecular formula is C25H16BrClN2O3. The number of hydrogen-bond acceptors (Lipinski definition) is 4. The van der Waals surface area contributed by atoms with E-state index >= 15 is 0 Å². The lowest BCUT2D eigenvalue weighted by Gasteiger charge is -2.03. The van der Waals surface area contributed by atoms with Gasteiger partial charge in [-0.25, -0.2) is 4.98 Å². The summed E-state index contributed by atoms with van der Waals surface area (Å²) in [7, 11) is 0. The van der Waals surface area contributed by atoms with Gasteiger partial charge in [0.1, 0.15) is 11.3 Å². The lowest BCUT2D eigenvalue weighted by Crippen LogP contribution is -2.10. The average molecular weight is 508 g/mol. The molecule has 0 atom stereocenters. The number of fused-ring (bicyclic) bond motifs is 1. The van der Waals surface area contributed by atoms with Crippen LogP contribution in [0.3, 0.4) is 0 Å². The summed E-state index contributed by atoms with van der Waals surface area (Å²) >= 11 is 9.35. The van der Waals surface area contributed by atoms with E-state index in [0.717, 1.165) is 15.6 Å². The van der Waals surface area contributed by atoms with Crippen LogP contribution in [-0.4, -0.2) is 10.9 Å². The number of oxazole rings is 1. The first-order chi connectivity index (χ1) is 15.5. The molecule has 5 rings (SSSR count). The van der Waals surface area contributed by atoms with Gasteiger partial charge < -0.3 is 14.2 Å². The molecule has 0 aliphatic heterocycles. The van der Waals surface area contributed by atoms with Crippen LogP contribution in [0.1, 0.15) is 22.0 Å². The molecule has 1 N–H and O–H groups in total. The van der Waals surface area contributed by atoms with Crippen molar-refractivity contribution in [1.82, 2.24) is 4.98 Å². The number of anilines is 1. The van der Waals surface area contributed by atoms with E-state index in [9.17, 15) is 4.79 Å². The van der Waals surface area contributed by atoms with Crippen molar-refractivity contribution >= 4 is 50.2 Å². The zero-order valence-electron chi connectivity index (χ0n) is 16.6. The SMILES string of the molecule is O=C(Nc1ccc2oc(Cc3ccc(Cl)cc3)nc2c1)c1ccc(-c2ccc(Br)cc2)o1. The Hall–Kier alpha value is -3.35. The van der Waals surface area contributed by atoms with Gasteiger partial charge in [-0.15, -0.1) is 0 Å². The maximum absolute atomic E-state index is 12.7. The Morgan fingerprint density at radius 1 is 0.938 bits per heavy atom. The van der Waals surface area contributed by atoms with Crippen LogP contribution in [0.4, 0.5) is 5.69 Å². The molecule has 32 heavy (non-hydrogen) atoms. The second-order valence-electron chi connectivity index (χ2n) is 7.22. The molecule has 3 aromatic carbocycles. The summed E-state index contributed by atoms with van der Waals surface area (Å²) in [6, 6.07) is 24.0. The van der Waals surface area contributed by atoms with E-state index in [4.69, 9.17) is 20.4 Å². The van der Waals surface area contributed by atoms with E-state index in [-0.39, 0.29) is 11.7 Å². The number of rotatable bonds is 5. The van der Waals surface area contributed by atoms with Gasteiger partial charge in [0.15, 0.2) is 17.2 Å². The number of nitrogens with one attached hydrogen (secondary N) is 1. The molecular weight excluding hydrogens is 492 g/mol. The largest absolute Gasteiger partial charge is 0.451 e. The molecule has 0 aliphatic carbocycles. The number of halogens is 2. The predicted molar refractivity (Wildman–Crippen MR) is 128 cm³/mol. The molecule has 5 nitrogen and oxygen atoms in total. The first kappa shape index (κ1) is 20.5. The van der Waals surface area contributed by atoms with Crippen LogP contribution in [-0.2, 0) is 6.42 Å². The number of carbonyl (C=O) groups excluding carboxylic acids is 1. The molecule has 7 heteroatoms. The van der Waals surface area contributed by atoms with Gasteiger partial charge in [0, 0.05) is 27.2 Å². The molecule has 0 unspecified atom stereocenters. The van der Waals surface area contributed by atoms with Crippen LogP contribution in [0.15, 0.2) is 92.2 Å². The number of amides is 1. The predicted octanol–water partition coefficient (Wildman–Crippen LogP) is 7.35. The lowest BCUT2D eigenvalue weighted by atomic mass is 10.1. The summed E-state index contributed by atoms with van der Waals surface area (Å²) in [5, 5.41) is 3.54. The standard InChI is InChI=1S/C25H16BrClN2O3/c26-17-5-3-16(4-6-17)21-11-12-23(31-21)25(30)28-19-9-10-22-20(14-19)29-24(32-22)13-15-1-7-18(27)8-2-15/h1-12,14H,13H2,(H,28,30). The number of aromatic nitrogens is 1. The maximum Gasteiger partial charge on any atom is 0.291 e. The van der Waals surface area contributed by atoms with Crippen molar-refractivity contribution in [3.8, 4) is 11.3 Å². The molecule has 0 saturated heterocycles. The van der Waals surface area contributed by atoms with Gasteiger partial charge in [0.05, 0.1) is 0 Å². The van der Waals surface area contributed by atoms with E-state index in [1.165, 1.54) is 0 Å². The Labute approximate surface area is 197 Å². The number of hydrogen-bond donors (Lipinski definition) is 1. The molecule has 5 aromatic rings. The second-order valence-corrected chi connectivity index (χ2v) is 8.57. The summed E-state index contributed by atoms with van der Waals surface area (Å²) in [4.78, 5) is 17.2. The van der Waals surface area contributed by atoms with Crippen molar-refractivity contribution in [1.29, 1.82) is 0 Å². The average Bonchev–Trinajstić information content (AvgIpc) is 3.43. The number of carbonyl (C=O) groups is 1. The number of benzene rings is 3. The van der Waals surface area contributed by atoms with Crippen molar-refractivity contribution in [2.45, 2.75) is 6.42 Å². The third-order valence-corrected chi connectivity index (χ3v) is 5.70. The Balaban J connectivity index is 1.31. The second kappa shape index (κ2) is 8.65. The number of furan rings is 1. The maximum atomic E-state index is 12.7. The molecule has 0 fully saturated rings. The van der Waals surface area contributed by atoms with E-state index in [2.05, 4.69) is 26.2 Å². The Kier molecular flexibility index (Phi) is 5.55. The van der Waals surface area contributed by atoms with E-state index in [0.29, 0.717) is 39.9 Å². The minimum Gasteiger partial charge on any atom is -0.451 e. The highest BCUT2D eigenvalue weighted by Crippen LogP contribution is 2.26. The highest BCUT2D eigenvalue weighted by molar-refractivity contribution is 9.10. The van der Waals surface area contributed by atoms with E-state index in [1.54, 1.807) is 30.3 Å². The summed E-state index contributed by atoms with van der Waals surface area (Å²) in [5.41, 5.74) is 3.87. The summed E-state index contributed by atoms with van der Waals surface area (Å²) in [6.07, 6.45) is 0.554. The van der Waals surface area contributed by atoms with E-state index in [1.807, 2.05) is 48.5 Å². The molecule has 158 valence electrons. The third-order valence-electron chi connectivity index (χ3n) is 4.92. The summed E-state index contributed by atoms with van der Waals surface area (Å²) < 4.78 is 12.5. The fraction of sp³-hybridized carbons (Fsp3) is 0.0400. The van der Waals surface area contributed by atoms with Crippen LogP contribution in [0.5, 0.6) is 0 Å². The van der Waals surface area contributed by atoms with Crippen molar-refractivity contribution < 1.29 is 13.6 Å². The fourth-order valence-corrected chi connectivity index (χ4v) is 3.72. The van der Waals surface area contributed by atoms with Gasteiger partial charge in [0.2, 0.25) is 0 Å². The van der Waals surface area contributed by atoms with Gasteiger partial charge in [-0.1, -0.05) is 51.8 Å². The van der Waals surface area contributed by atoms with Crippen LogP contribution >= 0.6 is 27.5 Å². The number of nitrogens with zero attached hydrogens (tertiary/aromatic N) is 1. The fourth-order valence-electron chi connectivity index (χ4n) is 3.33. The van der Waals surface area contributed by atoms with Crippen molar-refractivity contribution in [3.63, 3.8) is 0 Å². The molecule has 0 bridgehead atoms. The molecule has 1 amide bonds. The molecule has 0 radical (unpaired) electrons. The zero-order chi connectivity index (χ0) is 22.1. The molecule has 2 heterocycles. The van der Waals surface area contributed by atoms with Crippen LogP contribution in [0.25, 0.3) is 22.4 Å². The van der Waals surface area contributed by atoms with Crippen LogP contribution in [0, 0.1) is 0 Å². The van der Waals surface area contributed by atoms with E-state index < -0.39 is 0 Å². The quantitative estimate of drug-likeness (QED) is 0.270. The molecule has 0 saturated carbocycles. The minimum atomic E-state index is -0.336. The Morgan fingerprint density at radius 3 is 2.50 bits per heavy atom. The van der Waals surface area contributed by atoms with Crippen LogP contribution in [0.2, 0.25) is 5.02 Å².